The fraction of sp³-hybridized carbons (Fsp3) is 0.688. The monoisotopic (exact) mass is 339 g/mol. The minimum absolute atomic E-state index is 0.00776. The van der Waals surface area contributed by atoms with Crippen LogP contribution in [0.2, 0.25) is 0 Å². The molecule has 2 heterocycles. The second-order valence-corrected chi connectivity index (χ2v) is 7.18. The highest BCUT2D eigenvalue weighted by Crippen LogP contribution is 2.24. The molecule has 1 aliphatic heterocycles. The maximum absolute atomic E-state index is 12.6. The number of aryl methyl sites for hydroxylation is 2. The van der Waals surface area contributed by atoms with Gasteiger partial charge in [-0.3, -0.25) is 14.5 Å². The predicted octanol–water partition coefficient (Wildman–Crippen LogP) is 1.93. The Hall–Kier alpha value is -1.47. The lowest BCUT2D eigenvalue weighted by Crippen LogP contribution is -2.40. The van der Waals surface area contributed by atoms with Crippen LogP contribution in [0.3, 0.4) is 0 Å². The van der Waals surface area contributed by atoms with Crippen molar-refractivity contribution in [2.45, 2.75) is 46.1 Å². The smallest absolute Gasteiger partial charge is 0.317 e. The Morgan fingerprint density at radius 1 is 1.39 bits per heavy atom. The normalized spacial score (nSPS) is 21.5. The van der Waals surface area contributed by atoms with Crippen LogP contribution in [0, 0.1) is 12.8 Å². The Kier molecular flexibility index (Phi) is 6.12. The molecule has 1 saturated heterocycles. The van der Waals surface area contributed by atoms with E-state index in [1.165, 1.54) is 11.3 Å². The summed E-state index contributed by atoms with van der Waals surface area (Å²) in [5.74, 6) is -0.594. The summed E-state index contributed by atoms with van der Waals surface area (Å²) in [4.78, 5) is 30.5. The van der Waals surface area contributed by atoms with E-state index in [-0.39, 0.29) is 18.5 Å². The van der Waals surface area contributed by atoms with Crippen molar-refractivity contribution in [1.29, 1.82) is 0 Å². The molecule has 0 spiro atoms. The standard InChI is InChI=1S/C16H25N3O3S/c1-4-6-11-7-19(9-14(20)21)8-12(11)18-16(22)15-10(3)17-13(5-2)23-15/h11-12H,4-9H2,1-3H3,(H,18,22)(H,20,21)/t11-,12-/m0/s1. The van der Waals surface area contributed by atoms with E-state index < -0.39 is 5.97 Å². The number of likely N-dealkylation sites (tertiary alicyclic amines) is 1. The van der Waals surface area contributed by atoms with Crippen molar-refractivity contribution in [1.82, 2.24) is 15.2 Å². The average Bonchev–Trinajstić information content (AvgIpc) is 3.02. The summed E-state index contributed by atoms with van der Waals surface area (Å²) in [6.07, 6.45) is 2.84. The third-order valence-electron chi connectivity index (χ3n) is 4.20. The van der Waals surface area contributed by atoms with E-state index in [0.29, 0.717) is 17.3 Å². The topological polar surface area (TPSA) is 82.5 Å². The number of carboxylic acids is 1. The molecule has 1 amide bonds. The van der Waals surface area contributed by atoms with Crippen molar-refractivity contribution in [2.75, 3.05) is 19.6 Å². The first-order chi connectivity index (χ1) is 10.9. The first-order valence-electron chi connectivity index (χ1n) is 8.15. The summed E-state index contributed by atoms with van der Waals surface area (Å²) in [6, 6.07) is 0.00776. The van der Waals surface area contributed by atoms with Gasteiger partial charge >= 0.3 is 5.97 Å². The largest absolute Gasteiger partial charge is 0.480 e. The van der Waals surface area contributed by atoms with Crippen LogP contribution in [-0.4, -0.2) is 52.5 Å². The van der Waals surface area contributed by atoms with Gasteiger partial charge in [-0.2, -0.15) is 0 Å². The summed E-state index contributed by atoms with van der Waals surface area (Å²) >= 11 is 1.45. The number of carbonyl (C=O) groups is 2. The first kappa shape index (κ1) is 17.9. The lowest BCUT2D eigenvalue weighted by molar-refractivity contribution is -0.138. The SMILES string of the molecule is CCC[C@H]1CN(CC(=O)O)C[C@@H]1NC(=O)c1sc(CC)nc1C. The number of rotatable bonds is 7. The minimum Gasteiger partial charge on any atom is -0.480 e. The van der Waals surface area contributed by atoms with E-state index in [1.807, 2.05) is 18.7 Å². The number of carboxylic acid groups (broad SMARTS) is 1. The number of nitrogens with zero attached hydrogens (tertiary/aromatic N) is 2. The van der Waals surface area contributed by atoms with E-state index in [0.717, 1.165) is 36.5 Å². The van der Waals surface area contributed by atoms with E-state index in [9.17, 15) is 9.59 Å². The molecule has 0 radical (unpaired) electrons. The van der Waals surface area contributed by atoms with Crippen molar-refractivity contribution < 1.29 is 14.7 Å². The third-order valence-corrected chi connectivity index (χ3v) is 5.50. The second kappa shape index (κ2) is 7.88. The minimum atomic E-state index is -0.821. The van der Waals surface area contributed by atoms with Crippen LogP contribution in [0.15, 0.2) is 0 Å². The molecule has 2 atom stereocenters. The molecular weight excluding hydrogens is 314 g/mol. The zero-order chi connectivity index (χ0) is 17.0. The molecule has 1 fully saturated rings. The van der Waals surface area contributed by atoms with Crippen molar-refractivity contribution in [3.63, 3.8) is 0 Å². The number of amides is 1. The Morgan fingerprint density at radius 2 is 2.13 bits per heavy atom. The number of hydrogen-bond acceptors (Lipinski definition) is 5. The maximum Gasteiger partial charge on any atom is 0.317 e. The summed E-state index contributed by atoms with van der Waals surface area (Å²) in [5, 5.41) is 13.0. The molecule has 0 unspecified atom stereocenters. The number of aromatic nitrogens is 1. The number of aliphatic carboxylic acids is 1. The number of thiazole rings is 1. The van der Waals surface area contributed by atoms with Crippen molar-refractivity contribution >= 4 is 23.2 Å². The van der Waals surface area contributed by atoms with Gasteiger partial charge in [0.25, 0.3) is 5.91 Å². The lowest BCUT2D eigenvalue weighted by atomic mass is 9.98. The zero-order valence-corrected chi connectivity index (χ0v) is 14.8. The fourth-order valence-corrected chi connectivity index (χ4v) is 4.06. The molecule has 2 N–H and O–H groups in total. The van der Waals surface area contributed by atoms with Gasteiger partial charge < -0.3 is 10.4 Å². The molecule has 0 saturated carbocycles. The molecule has 0 bridgehead atoms. The van der Waals surface area contributed by atoms with Crippen LogP contribution in [0.1, 0.15) is 47.1 Å². The summed E-state index contributed by atoms with van der Waals surface area (Å²) in [5.41, 5.74) is 0.775. The molecule has 1 aliphatic rings. The van der Waals surface area contributed by atoms with Gasteiger partial charge in [0.05, 0.1) is 17.2 Å². The van der Waals surface area contributed by atoms with Crippen LogP contribution in [-0.2, 0) is 11.2 Å². The first-order valence-corrected chi connectivity index (χ1v) is 8.97. The molecule has 7 heteroatoms. The summed E-state index contributed by atoms with van der Waals surface area (Å²) < 4.78 is 0. The Labute approximate surface area is 140 Å². The van der Waals surface area contributed by atoms with Crippen LogP contribution in [0.25, 0.3) is 0 Å². The molecule has 0 aromatic carbocycles. The maximum atomic E-state index is 12.6. The highest BCUT2D eigenvalue weighted by Gasteiger charge is 2.34. The van der Waals surface area contributed by atoms with Gasteiger partial charge in [-0.05, 0) is 25.7 Å². The molecule has 1 aromatic heterocycles. The van der Waals surface area contributed by atoms with Gasteiger partial charge in [0.15, 0.2) is 0 Å². The molecule has 6 nitrogen and oxygen atoms in total. The average molecular weight is 339 g/mol. The third kappa shape index (κ3) is 4.51. The molecule has 2 rings (SSSR count). The molecule has 128 valence electrons. The molecule has 1 aromatic rings. The van der Waals surface area contributed by atoms with E-state index in [4.69, 9.17) is 5.11 Å². The summed E-state index contributed by atoms with van der Waals surface area (Å²) in [6.45, 7) is 7.36. The summed E-state index contributed by atoms with van der Waals surface area (Å²) in [7, 11) is 0. The Morgan fingerprint density at radius 3 is 2.70 bits per heavy atom. The van der Waals surface area contributed by atoms with Crippen molar-refractivity contribution in [2.24, 2.45) is 5.92 Å². The lowest BCUT2D eigenvalue weighted by Gasteiger charge is -2.19. The Balaban J connectivity index is 2.04. The highest BCUT2D eigenvalue weighted by molar-refractivity contribution is 7.13. The van der Waals surface area contributed by atoms with E-state index in [1.54, 1.807) is 0 Å². The van der Waals surface area contributed by atoms with E-state index in [2.05, 4.69) is 17.2 Å². The number of carbonyl (C=O) groups excluding carboxylic acids is 1. The van der Waals surface area contributed by atoms with Crippen LogP contribution in [0.4, 0.5) is 0 Å². The van der Waals surface area contributed by atoms with Crippen molar-refractivity contribution in [3.05, 3.63) is 15.6 Å². The van der Waals surface area contributed by atoms with E-state index >= 15 is 0 Å². The highest BCUT2D eigenvalue weighted by atomic mass is 32.1. The van der Waals surface area contributed by atoms with Gasteiger partial charge in [-0.25, -0.2) is 4.98 Å². The molecule has 23 heavy (non-hydrogen) atoms. The second-order valence-electron chi connectivity index (χ2n) is 6.09. The molecule has 0 aliphatic carbocycles. The number of hydrogen-bond donors (Lipinski definition) is 2. The number of nitrogens with one attached hydrogen (secondary N) is 1. The predicted molar refractivity (Wildman–Crippen MR) is 90.0 cm³/mol. The fourth-order valence-electron chi connectivity index (χ4n) is 3.16. The Bertz CT molecular complexity index is 573. The van der Waals surface area contributed by atoms with Crippen LogP contribution in [0.5, 0.6) is 0 Å². The van der Waals surface area contributed by atoms with Crippen LogP contribution < -0.4 is 5.32 Å². The van der Waals surface area contributed by atoms with Gasteiger partial charge in [-0.15, -0.1) is 11.3 Å². The van der Waals surface area contributed by atoms with Gasteiger partial charge in [0, 0.05) is 19.1 Å². The van der Waals surface area contributed by atoms with Gasteiger partial charge in [-0.1, -0.05) is 20.3 Å². The van der Waals surface area contributed by atoms with Crippen molar-refractivity contribution in [3.8, 4) is 0 Å². The van der Waals surface area contributed by atoms with Gasteiger partial charge in [0.2, 0.25) is 0 Å². The van der Waals surface area contributed by atoms with Crippen LogP contribution >= 0.6 is 11.3 Å². The molecular formula is C16H25N3O3S. The quantitative estimate of drug-likeness (QED) is 0.793. The zero-order valence-electron chi connectivity index (χ0n) is 14.0. The van der Waals surface area contributed by atoms with Gasteiger partial charge in [0.1, 0.15) is 4.88 Å².